The molecule has 0 heterocycles. The van der Waals surface area contributed by atoms with Crippen LogP contribution in [0.3, 0.4) is 0 Å². The van der Waals surface area contributed by atoms with Crippen LogP contribution in [0.5, 0.6) is 11.5 Å². The molecule has 19 heteroatoms. The molecule has 0 atom stereocenters. The summed E-state index contributed by atoms with van der Waals surface area (Å²) >= 11 is 0. The van der Waals surface area contributed by atoms with Crippen LogP contribution in [-0.2, 0) is 68.9 Å². The molecule has 0 aliphatic heterocycles. The summed E-state index contributed by atoms with van der Waals surface area (Å²) < 4.78 is 58.2. The minimum absolute atomic E-state index is 0. The van der Waals surface area contributed by atoms with Crippen molar-refractivity contribution in [2.24, 2.45) is 0 Å². The second-order valence-electron chi connectivity index (χ2n) is 42.7. The molecule has 0 aliphatic rings. The van der Waals surface area contributed by atoms with E-state index >= 15 is 0 Å². The van der Waals surface area contributed by atoms with Crippen molar-refractivity contribution in [3.05, 3.63) is 64.6 Å². The second-order valence-corrected chi connectivity index (χ2v) is 75.5. The van der Waals surface area contributed by atoms with Crippen LogP contribution in [0.4, 0.5) is 0 Å². The number of benzene rings is 2. The van der Waals surface area contributed by atoms with Gasteiger partial charge in [-0.2, -0.15) is 0 Å². The third-order valence-electron chi connectivity index (χ3n) is 29.0. The molecular formula is C100H195N2O10Si6Y-. The van der Waals surface area contributed by atoms with Crippen LogP contribution in [0, 0.1) is 19.8 Å². The van der Waals surface area contributed by atoms with Crippen LogP contribution in [0.15, 0.2) is 36.4 Å². The normalized spacial score (nSPS) is 13.6. The molecule has 0 saturated carbocycles. The van der Waals surface area contributed by atoms with Crippen molar-refractivity contribution in [1.29, 1.82) is 0 Å². The summed E-state index contributed by atoms with van der Waals surface area (Å²) in [6, 6.07) is 13.1. The third kappa shape index (κ3) is 31.7. The van der Waals surface area contributed by atoms with E-state index in [4.69, 9.17) is 36.0 Å². The molecule has 0 aliphatic carbocycles. The zero-order valence-corrected chi connectivity index (χ0v) is 94.2. The maximum Gasteiger partial charge on any atom is 0.220 e. The van der Waals surface area contributed by atoms with Gasteiger partial charge in [-0.15, -0.1) is 40.3 Å². The van der Waals surface area contributed by atoms with Gasteiger partial charge in [-0.05, 0) is 125 Å². The molecule has 693 valence electrons. The van der Waals surface area contributed by atoms with Crippen LogP contribution in [0.1, 0.15) is 394 Å². The average molecular weight is 1840 g/mol. The van der Waals surface area contributed by atoms with Gasteiger partial charge in [0.15, 0.2) is 49.9 Å². The quantitative estimate of drug-likeness (QED) is 0.0375. The summed E-state index contributed by atoms with van der Waals surface area (Å²) in [5, 5.41) is 7.45. The van der Waals surface area contributed by atoms with Gasteiger partial charge in [0.2, 0.25) is 11.8 Å². The molecule has 0 fully saturated rings. The van der Waals surface area contributed by atoms with Gasteiger partial charge < -0.3 is 46.7 Å². The Labute approximate surface area is 769 Å². The van der Waals surface area contributed by atoms with Gasteiger partial charge in [0, 0.05) is 45.6 Å². The molecule has 2 rings (SSSR count). The first-order chi connectivity index (χ1) is 54.9. The zero-order chi connectivity index (χ0) is 90.3. The average Bonchev–Trinajstić information content (AvgIpc) is 0.774. The first-order valence-corrected chi connectivity index (χ1v) is 61.5. The van der Waals surface area contributed by atoms with E-state index < -0.39 is 61.0 Å². The van der Waals surface area contributed by atoms with E-state index in [1.54, 1.807) is 0 Å². The topological polar surface area (TPSA) is 132 Å². The Bertz CT molecular complexity index is 2600. The molecule has 119 heavy (non-hydrogen) atoms. The van der Waals surface area contributed by atoms with Crippen molar-refractivity contribution in [2.45, 2.75) is 496 Å². The van der Waals surface area contributed by atoms with Crippen LogP contribution < -0.4 is 20.1 Å². The molecule has 0 spiro atoms. The van der Waals surface area contributed by atoms with Gasteiger partial charge in [-0.1, -0.05) is 371 Å². The Morgan fingerprint density at radius 1 is 0.286 bits per heavy atom. The number of aryl methyl sites for hydroxylation is 2. The Kier molecular flexibility index (Phi) is 53.1. The number of ether oxygens (including phenoxy) is 2. The van der Waals surface area contributed by atoms with Crippen molar-refractivity contribution in [2.75, 3.05) is 52.9 Å². The summed E-state index contributed by atoms with van der Waals surface area (Å²) in [5.41, 5.74) is 10.6. The monoisotopic (exact) mass is 1840 g/mol. The van der Waals surface area contributed by atoms with Gasteiger partial charge in [0.25, 0.3) is 0 Å². The summed E-state index contributed by atoms with van der Waals surface area (Å²) in [5.74, 6) is 3.30. The van der Waals surface area contributed by atoms with E-state index in [1.165, 1.54) is 66.7 Å². The van der Waals surface area contributed by atoms with Crippen LogP contribution >= 0.6 is 0 Å². The molecule has 1 radical (unpaired) electrons. The first-order valence-electron chi connectivity index (χ1n) is 48.6. The number of rotatable bonds is 64. The fraction of sp³-hybridized carbons (Fsp3) is 0.850. The maximum absolute atomic E-state index is 14.7. The molecule has 0 aromatic heterocycles. The number of hydrogen-bond acceptors (Lipinski definition) is 10. The fourth-order valence-electron chi connectivity index (χ4n) is 23.5. The zero-order valence-electron chi connectivity index (χ0n) is 85.4. The summed E-state index contributed by atoms with van der Waals surface area (Å²) in [4.78, 5) is 29.3. The van der Waals surface area contributed by atoms with E-state index in [2.05, 4.69) is 317 Å². The fourth-order valence-corrected chi connectivity index (χ4v) is 56.6. The van der Waals surface area contributed by atoms with E-state index in [1.807, 2.05) is 0 Å². The van der Waals surface area contributed by atoms with Gasteiger partial charge in [-0.25, -0.2) is 0 Å². The summed E-state index contributed by atoms with van der Waals surface area (Å²) in [7, 11) is -14.1. The third-order valence-corrected chi connectivity index (χ3v) is 65.3. The van der Waals surface area contributed by atoms with Crippen LogP contribution in [0.25, 0.3) is 0 Å². The molecule has 2 aromatic carbocycles. The van der Waals surface area contributed by atoms with Gasteiger partial charge in [0.1, 0.15) is 22.6 Å². The minimum atomic E-state index is -2.34. The number of carbonyl (C=O) groups is 2. The minimum Gasteiger partial charge on any atom is -0.495 e. The van der Waals surface area contributed by atoms with Crippen LogP contribution in [0.2, 0.25) is 99.7 Å². The van der Waals surface area contributed by atoms with Crippen LogP contribution in [-0.4, -0.2) is 126 Å². The molecule has 0 bridgehead atoms. The number of unbranched alkanes of at least 4 members (excludes halogenated alkanes) is 14. The Balaban J connectivity index is 0.0000708. The number of hydrogen-bond donors (Lipinski definition) is 2. The van der Waals surface area contributed by atoms with E-state index in [9.17, 15) is 9.59 Å². The Morgan fingerprint density at radius 3 is 0.622 bits per heavy atom. The molecule has 2 amide bonds. The van der Waals surface area contributed by atoms with E-state index in [0.29, 0.717) is 165 Å². The van der Waals surface area contributed by atoms with Crippen molar-refractivity contribution in [1.82, 2.24) is 10.6 Å². The van der Waals surface area contributed by atoms with Gasteiger partial charge in [0.05, 0.1) is 52.9 Å². The molecule has 12 nitrogen and oxygen atoms in total. The van der Waals surface area contributed by atoms with Crippen molar-refractivity contribution < 1.29 is 78.3 Å². The van der Waals surface area contributed by atoms with Crippen molar-refractivity contribution >= 4 is 61.7 Å². The summed E-state index contributed by atoms with van der Waals surface area (Å²) in [6.07, 6.45) is 18.5. The first kappa shape index (κ1) is 116. The molecule has 0 saturated heterocycles. The van der Waals surface area contributed by atoms with Crippen molar-refractivity contribution in [3.8, 4) is 11.5 Å². The standard InChI is InChI=1S/C100H195N2O10Si6.Y/c1-72(2)113(73(3)4,74(5)6)107-66-99(67-108-114(75(7)8,76(9)10)77(11)12,68-109-115(78(13)14,79(15)16)80(17)18)101-97(103)56-52-48-44-40-42-46-50-54-62-105-93-58-60-95(90(37)64-93)92(39)96-61-59-94(65-91(96)38)106-63-55-51-47-43-41-45-49-53-57-98(104)102-100(69-110-116(81(19)20,82(21)22)83(23)24,70-111-117(84(25)26,85(27)28)86(29)30)71-112-118(87(31)32,88(33)34)89(35)36;/h58-61,64-65,72-89H,40-57,62-63,66-71H2,1-39H3,(H,101,103)(H,102,104);/q-1;. The molecule has 0 unspecified atom stereocenters. The number of amides is 2. The molecule has 2 N–H and O–H groups in total. The predicted octanol–water partition coefficient (Wildman–Crippen LogP) is 30.9. The second kappa shape index (κ2) is 54.5. The Morgan fingerprint density at radius 2 is 0.454 bits per heavy atom. The number of carbonyl (C=O) groups excluding carboxylic acids is 2. The van der Waals surface area contributed by atoms with Crippen molar-refractivity contribution in [3.63, 3.8) is 0 Å². The SMILES string of the molecule is Cc1cc(OCCCCCCCCCCC(=O)NC(CO[Si](C(C)C)(C(C)C)C(C)C)(CO[Si](C(C)C)(C(C)C)C(C)C)CO[Si](C(C)C)(C(C)C)C(C)C)ccc1[C-](C)c1ccc(OCCCCCCCCCCC(=O)NC(CO[Si](C(C)C)(C(C)C)C(C)C)(CO[Si](C(C)C)(C(C)C)C(C)C)CO[Si](C(C)C)(C(C)C)C(C)C)cc1C.[Y]. The molecular weight excluding hydrogens is 1650 g/mol. The Hall–Kier alpha value is -0.985. The summed E-state index contributed by atoms with van der Waals surface area (Å²) in [6.45, 7) is 95.3. The molecule has 2 aromatic rings. The number of nitrogens with one attached hydrogen (secondary N) is 2. The van der Waals surface area contributed by atoms with Gasteiger partial charge in [-0.3, -0.25) is 9.59 Å². The largest absolute Gasteiger partial charge is 0.495 e. The smallest absolute Gasteiger partial charge is 0.220 e. The van der Waals surface area contributed by atoms with E-state index in [-0.39, 0.29) is 44.5 Å². The predicted molar refractivity (Wildman–Crippen MR) is 527 cm³/mol. The van der Waals surface area contributed by atoms with Gasteiger partial charge >= 0.3 is 0 Å². The van der Waals surface area contributed by atoms with E-state index in [0.717, 1.165) is 75.7 Å². The maximum atomic E-state index is 14.7.